The summed E-state index contributed by atoms with van der Waals surface area (Å²) in [5.74, 6) is 0.435. The van der Waals surface area contributed by atoms with Crippen LogP contribution in [-0.4, -0.2) is 5.91 Å². The predicted molar refractivity (Wildman–Crippen MR) is 84.9 cm³/mol. The Morgan fingerprint density at radius 1 is 1.14 bits per heavy atom. The summed E-state index contributed by atoms with van der Waals surface area (Å²) in [6.07, 6.45) is 3.07. The Morgan fingerprint density at radius 2 is 1.76 bits per heavy atom. The van der Waals surface area contributed by atoms with Crippen LogP contribution in [0.25, 0.3) is 6.08 Å². The molecule has 0 aliphatic rings. The van der Waals surface area contributed by atoms with Gasteiger partial charge >= 0.3 is 0 Å². The maximum atomic E-state index is 10.8. The van der Waals surface area contributed by atoms with Crippen molar-refractivity contribution in [1.29, 1.82) is 0 Å². The number of benzene rings is 2. The molecule has 0 bridgehead atoms. The van der Waals surface area contributed by atoms with Crippen LogP contribution in [0.2, 0.25) is 0 Å². The fourth-order valence-electron chi connectivity index (χ4n) is 2.22. The van der Waals surface area contributed by atoms with E-state index < -0.39 is 5.91 Å². The highest BCUT2D eigenvalue weighted by molar-refractivity contribution is 5.90. The van der Waals surface area contributed by atoms with Crippen LogP contribution >= 0.6 is 0 Å². The second kappa shape index (κ2) is 6.75. The number of rotatable bonds is 5. The van der Waals surface area contributed by atoms with Crippen molar-refractivity contribution in [1.82, 2.24) is 0 Å². The van der Waals surface area contributed by atoms with Crippen LogP contribution in [-0.2, 0) is 11.4 Å². The van der Waals surface area contributed by atoms with Gasteiger partial charge in [-0.3, -0.25) is 4.79 Å². The number of carbonyl (C=O) groups is 1. The minimum atomic E-state index is -0.449. The fourth-order valence-corrected chi connectivity index (χ4v) is 2.22. The van der Waals surface area contributed by atoms with Gasteiger partial charge in [-0.1, -0.05) is 30.3 Å². The molecule has 0 unspecified atom stereocenters. The Bertz CT molecular complexity index is 637. The molecule has 1 amide bonds. The number of carbonyl (C=O) groups excluding carboxylic acids is 1. The summed E-state index contributed by atoms with van der Waals surface area (Å²) >= 11 is 0. The average Bonchev–Trinajstić information content (AvgIpc) is 2.45. The largest absolute Gasteiger partial charge is 0.488 e. The molecule has 2 aromatic carbocycles. The highest BCUT2D eigenvalue weighted by Crippen LogP contribution is 2.26. The van der Waals surface area contributed by atoms with Crippen LogP contribution in [0.1, 0.15) is 22.3 Å². The van der Waals surface area contributed by atoms with Gasteiger partial charge in [-0.15, -0.1) is 0 Å². The Hall–Kier alpha value is -2.55. The van der Waals surface area contributed by atoms with Gasteiger partial charge in [0.2, 0.25) is 5.91 Å². The van der Waals surface area contributed by atoms with Gasteiger partial charge in [-0.05, 0) is 54.3 Å². The van der Waals surface area contributed by atoms with Gasteiger partial charge in [0.1, 0.15) is 12.4 Å². The van der Waals surface area contributed by atoms with Crippen molar-refractivity contribution < 1.29 is 9.53 Å². The van der Waals surface area contributed by atoms with E-state index in [1.807, 2.05) is 56.3 Å². The first-order valence-electron chi connectivity index (χ1n) is 6.82. The van der Waals surface area contributed by atoms with Crippen molar-refractivity contribution >= 4 is 12.0 Å². The highest BCUT2D eigenvalue weighted by Gasteiger charge is 2.06. The lowest BCUT2D eigenvalue weighted by molar-refractivity contribution is -0.113. The quantitative estimate of drug-likeness (QED) is 0.854. The predicted octanol–water partition coefficient (Wildman–Crippen LogP) is 3.38. The molecule has 0 radical (unpaired) electrons. The smallest absolute Gasteiger partial charge is 0.241 e. The molecule has 3 heteroatoms. The Balaban J connectivity index is 2.15. The van der Waals surface area contributed by atoms with E-state index in [1.165, 1.54) is 6.08 Å². The molecule has 0 heterocycles. The van der Waals surface area contributed by atoms with Crippen molar-refractivity contribution in [3.05, 3.63) is 70.8 Å². The first-order chi connectivity index (χ1) is 10.1. The Kier molecular flexibility index (Phi) is 4.77. The van der Waals surface area contributed by atoms with Crippen LogP contribution in [0.15, 0.2) is 48.5 Å². The third kappa shape index (κ3) is 4.21. The number of primary amides is 1. The number of hydrogen-bond acceptors (Lipinski definition) is 2. The molecule has 0 saturated carbocycles. The normalized spacial score (nSPS) is 10.8. The zero-order valence-corrected chi connectivity index (χ0v) is 12.3. The molecular formula is C18H19NO2. The minimum Gasteiger partial charge on any atom is -0.488 e. The SMILES string of the molecule is Cc1cc(/C=C\C(N)=O)cc(C)c1OCc1ccccc1. The number of amides is 1. The molecule has 2 aromatic rings. The van der Waals surface area contributed by atoms with E-state index in [0.717, 1.165) is 28.0 Å². The van der Waals surface area contributed by atoms with E-state index in [0.29, 0.717) is 6.61 Å². The molecule has 0 atom stereocenters. The fraction of sp³-hybridized carbons (Fsp3) is 0.167. The summed E-state index contributed by atoms with van der Waals surface area (Å²) in [6, 6.07) is 14.0. The van der Waals surface area contributed by atoms with E-state index in [1.54, 1.807) is 6.08 Å². The van der Waals surface area contributed by atoms with Crippen molar-refractivity contribution in [2.24, 2.45) is 5.73 Å². The Morgan fingerprint density at radius 3 is 2.33 bits per heavy atom. The van der Waals surface area contributed by atoms with Crippen LogP contribution < -0.4 is 10.5 Å². The first kappa shape index (κ1) is 14.9. The molecule has 0 aliphatic heterocycles. The summed E-state index contributed by atoms with van der Waals surface area (Å²) in [5, 5.41) is 0. The molecule has 0 spiro atoms. The Labute approximate surface area is 125 Å². The molecule has 0 aliphatic carbocycles. The van der Waals surface area contributed by atoms with Crippen molar-refractivity contribution in [3.8, 4) is 5.75 Å². The minimum absolute atomic E-state index is 0.449. The van der Waals surface area contributed by atoms with Crippen molar-refractivity contribution in [3.63, 3.8) is 0 Å². The molecule has 0 fully saturated rings. The van der Waals surface area contributed by atoms with Gasteiger partial charge in [0.15, 0.2) is 0 Å². The number of nitrogens with two attached hydrogens (primary N) is 1. The molecule has 0 aromatic heterocycles. The molecular weight excluding hydrogens is 262 g/mol. The van der Waals surface area contributed by atoms with Gasteiger partial charge in [-0.2, -0.15) is 0 Å². The standard InChI is InChI=1S/C18H19NO2/c1-13-10-16(8-9-17(19)20)11-14(2)18(13)21-12-15-6-4-3-5-7-15/h3-11H,12H2,1-2H3,(H2,19,20)/b9-8-. The van der Waals surface area contributed by atoms with E-state index >= 15 is 0 Å². The van der Waals surface area contributed by atoms with E-state index in [-0.39, 0.29) is 0 Å². The third-order valence-electron chi connectivity index (χ3n) is 3.15. The van der Waals surface area contributed by atoms with Crippen molar-refractivity contribution in [2.45, 2.75) is 20.5 Å². The maximum absolute atomic E-state index is 10.8. The van der Waals surface area contributed by atoms with E-state index in [2.05, 4.69) is 0 Å². The monoisotopic (exact) mass is 281 g/mol. The lowest BCUT2D eigenvalue weighted by Crippen LogP contribution is -2.05. The summed E-state index contributed by atoms with van der Waals surface area (Å²) in [6.45, 7) is 4.53. The van der Waals surface area contributed by atoms with Crippen LogP contribution in [0.4, 0.5) is 0 Å². The van der Waals surface area contributed by atoms with Crippen molar-refractivity contribution in [2.75, 3.05) is 0 Å². The molecule has 3 nitrogen and oxygen atoms in total. The topological polar surface area (TPSA) is 52.3 Å². The first-order valence-corrected chi connectivity index (χ1v) is 6.82. The average molecular weight is 281 g/mol. The van der Waals surface area contributed by atoms with Gasteiger partial charge in [0.25, 0.3) is 0 Å². The van der Waals surface area contributed by atoms with E-state index in [4.69, 9.17) is 10.5 Å². The van der Waals surface area contributed by atoms with Gasteiger partial charge in [-0.25, -0.2) is 0 Å². The highest BCUT2D eigenvalue weighted by atomic mass is 16.5. The number of hydrogen-bond donors (Lipinski definition) is 1. The lowest BCUT2D eigenvalue weighted by Gasteiger charge is -2.13. The number of aryl methyl sites for hydroxylation is 2. The molecule has 108 valence electrons. The van der Waals surface area contributed by atoms with Gasteiger partial charge in [0, 0.05) is 6.08 Å². The molecule has 0 saturated heterocycles. The number of ether oxygens (including phenoxy) is 1. The zero-order chi connectivity index (χ0) is 15.2. The van der Waals surface area contributed by atoms with Gasteiger partial charge in [0.05, 0.1) is 0 Å². The summed E-state index contributed by atoms with van der Waals surface area (Å²) < 4.78 is 5.92. The van der Waals surface area contributed by atoms with Gasteiger partial charge < -0.3 is 10.5 Å². The zero-order valence-electron chi connectivity index (χ0n) is 12.3. The van der Waals surface area contributed by atoms with Crippen LogP contribution in [0.5, 0.6) is 5.75 Å². The summed E-state index contributed by atoms with van der Waals surface area (Å²) in [7, 11) is 0. The van der Waals surface area contributed by atoms with Crippen LogP contribution in [0.3, 0.4) is 0 Å². The second-order valence-electron chi connectivity index (χ2n) is 4.99. The summed E-state index contributed by atoms with van der Waals surface area (Å²) in [4.78, 5) is 10.8. The third-order valence-corrected chi connectivity index (χ3v) is 3.15. The van der Waals surface area contributed by atoms with Crippen LogP contribution in [0, 0.1) is 13.8 Å². The van der Waals surface area contributed by atoms with E-state index in [9.17, 15) is 4.79 Å². The maximum Gasteiger partial charge on any atom is 0.241 e. The molecule has 21 heavy (non-hydrogen) atoms. The molecule has 2 rings (SSSR count). The summed E-state index contributed by atoms with van der Waals surface area (Å²) in [5.41, 5.74) is 9.26. The lowest BCUT2D eigenvalue weighted by atomic mass is 10.1. The second-order valence-corrected chi connectivity index (χ2v) is 4.99. The molecule has 2 N–H and O–H groups in total.